The molecular formula is C9H16BrN3O2. The van der Waals surface area contributed by atoms with Crippen LogP contribution in [0.25, 0.3) is 0 Å². The lowest BCUT2D eigenvalue weighted by molar-refractivity contribution is 0.168. The molecule has 1 unspecified atom stereocenters. The molecule has 86 valence electrons. The van der Waals surface area contributed by atoms with Gasteiger partial charge in [-0.1, -0.05) is 0 Å². The van der Waals surface area contributed by atoms with Crippen molar-refractivity contribution < 1.29 is 9.47 Å². The van der Waals surface area contributed by atoms with Gasteiger partial charge in [-0.2, -0.15) is 5.10 Å². The van der Waals surface area contributed by atoms with Gasteiger partial charge in [0.1, 0.15) is 0 Å². The van der Waals surface area contributed by atoms with Crippen LogP contribution in [0.15, 0.2) is 10.7 Å². The zero-order valence-corrected chi connectivity index (χ0v) is 10.5. The van der Waals surface area contributed by atoms with Crippen molar-refractivity contribution in [2.45, 2.75) is 12.6 Å². The first-order valence-corrected chi connectivity index (χ1v) is 5.44. The van der Waals surface area contributed by atoms with Crippen molar-refractivity contribution in [1.29, 1.82) is 0 Å². The number of halogens is 1. The Balaban J connectivity index is 2.78. The van der Waals surface area contributed by atoms with Crippen molar-refractivity contribution in [3.63, 3.8) is 0 Å². The summed E-state index contributed by atoms with van der Waals surface area (Å²) < 4.78 is 12.8. The predicted molar refractivity (Wildman–Crippen MR) is 60.6 cm³/mol. The number of hydrogen-bond acceptors (Lipinski definition) is 4. The Bertz CT molecular complexity index is 304. The first kappa shape index (κ1) is 12.6. The van der Waals surface area contributed by atoms with E-state index in [9.17, 15) is 0 Å². The number of nitrogens with zero attached hydrogens (tertiary/aromatic N) is 2. The maximum absolute atomic E-state index is 5.97. The Hall–Kier alpha value is -0.430. The quantitative estimate of drug-likeness (QED) is 0.841. The number of nitrogens with two attached hydrogens (primary N) is 1. The molecule has 0 saturated carbocycles. The minimum absolute atomic E-state index is 0.177. The van der Waals surface area contributed by atoms with Crippen molar-refractivity contribution in [2.75, 3.05) is 27.4 Å². The van der Waals surface area contributed by atoms with Crippen molar-refractivity contribution >= 4 is 15.9 Å². The fraction of sp³-hybridized carbons (Fsp3) is 0.667. The standard InChI is InChI=1S/C9H16BrN3O2/c1-14-4-3-13-9(7(10)5-12-13)8(11)6-15-2/h5,8H,3-4,6,11H2,1-2H3. The summed E-state index contributed by atoms with van der Waals surface area (Å²) in [5, 5.41) is 4.21. The Morgan fingerprint density at radius 3 is 2.87 bits per heavy atom. The van der Waals surface area contributed by atoms with Gasteiger partial charge in [0, 0.05) is 14.2 Å². The highest BCUT2D eigenvalue weighted by Gasteiger charge is 2.16. The van der Waals surface area contributed by atoms with Gasteiger partial charge in [-0.15, -0.1) is 0 Å². The van der Waals surface area contributed by atoms with Crippen LogP contribution in [0.2, 0.25) is 0 Å². The van der Waals surface area contributed by atoms with Crippen LogP contribution in [0.5, 0.6) is 0 Å². The molecule has 5 nitrogen and oxygen atoms in total. The second kappa shape index (κ2) is 6.22. The largest absolute Gasteiger partial charge is 0.383 e. The minimum Gasteiger partial charge on any atom is -0.383 e. The summed E-state index contributed by atoms with van der Waals surface area (Å²) in [6.07, 6.45) is 1.74. The zero-order chi connectivity index (χ0) is 11.3. The van der Waals surface area contributed by atoms with Crippen LogP contribution in [0, 0.1) is 0 Å². The van der Waals surface area contributed by atoms with Gasteiger partial charge in [-0.25, -0.2) is 0 Å². The Kier molecular flexibility index (Phi) is 5.24. The predicted octanol–water partition coefficient (Wildman–Crippen LogP) is 0.938. The van der Waals surface area contributed by atoms with Gasteiger partial charge < -0.3 is 15.2 Å². The van der Waals surface area contributed by atoms with Gasteiger partial charge >= 0.3 is 0 Å². The number of ether oxygens (including phenoxy) is 2. The average Bonchev–Trinajstić information content (AvgIpc) is 2.57. The molecule has 1 atom stereocenters. The molecule has 0 amide bonds. The number of rotatable bonds is 6. The molecule has 15 heavy (non-hydrogen) atoms. The van der Waals surface area contributed by atoms with E-state index in [0.29, 0.717) is 19.8 Å². The number of hydrogen-bond donors (Lipinski definition) is 1. The summed E-state index contributed by atoms with van der Waals surface area (Å²) in [5.41, 5.74) is 6.91. The monoisotopic (exact) mass is 277 g/mol. The van der Waals surface area contributed by atoms with E-state index in [1.807, 2.05) is 4.68 Å². The SMILES string of the molecule is COCCn1ncc(Br)c1C(N)COC. The molecule has 1 rings (SSSR count). The molecule has 0 aliphatic rings. The summed E-state index contributed by atoms with van der Waals surface area (Å²) in [7, 11) is 3.29. The lowest BCUT2D eigenvalue weighted by atomic mass is 10.2. The molecule has 0 bridgehead atoms. The van der Waals surface area contributed by atoms with Gasteiger partial charge in [0.2, 0.25) is 0 Å². The fourth-order valence-electron chi connectivity index (χ4n) is 1.35. The summed E-state index contributed by atoms with van der Waals surface area (Å²) in [5.74, 6) is 0. The van der Waals surface area contributed by atoms with Crippen LogP contribution in [0.4, 0.5) is 0 Å². The van der Waals surface area contributed by atoms with Gasteiger partial charge in [-0.3, -0.25) is 4.68 Å². The highest BCUT2D eigenvalue weighted by molar-refractivity contribution is 9.10. The van der Waals surface area contributed by atoms with Gasteiger partial charge in [-0.05, 0) is 15.9 Å². The van der Waals surface area contributed by atoms with Crippen LogP contribution < -0.4 is 5.73 Å². The van der Waals surface area contributed by atoms with E-state index in [2.05, 4.69) is 21.0 Å². The van der Waals surface area contributed by atoms with Crippen LogP contribution >= 0.6 is 15.9 Å². The van der Waals surface area contributed by atoms with Gasteiger partial charge in [0.15, 0.2) is 0 Å². The van der Waals surface area contributed by atoms with Crippen LogP contribution in [0.1, 0.15) is 11.7 Å². The molecule has 2 N–H and O–H groups in total. The van der Waals surface area contributed by atoms with Gasteiger partial charge in [0.25, 0.3) is 0 Å². The first-order chi connectivity index (χ1) is 7.20. The average molecular weight is 278 g/mol. The lowest BCUT2D eigenvalue weighted by Gasteiger charge is -2.13. The second-order valence-electron chi connectivity index (χ2n) is 3.16. The zero-order valence-electron chi connectivity index (χ0n) is 8.94. The Labute approximate surface area is 97.7 Å². The molecule has 1 aromatic heterocycles. The van der Waals surface area contributed by atoms with Gasteiger partial charge in [0.05, 0.1) is 42.2 Å². The maximum atomic E-state index is 5.97. The lowest BCUT2D eigenvalue weighted by Crippen LogP contribution is -2.22. The van der Waals surface area contributed by atoms with Crippen LogP contribution in [-0.2, 0) is 16.0 Å². The van der Waals surface area contributed by atoms with E-state index in [1.165, 1.54) is 0 Å². The summed E-state index contributed by atoms with van der Waals surface area (Å²) in [6, 6.07) is -0.177. The highest BCUT2D eigenvalue weighted by atomic mass is 79.9. The third kappa shape index (κ3) is 3.27. The number of methoxy groups -OCH3 is 2. The van der Waals surface area contributed by atoms with Crippen molar-refractivity contribution in [3.05, 3.63) is 16.4 Å². The van der Waals surface area contributed by atoms with Crippen molar-refractivity contribution in [2.24, 2.45) is 5.73 Å². The van der Waals surface area contributed by atoms with Crippen molar-refractivity contribution in [1.82, 2.24) is 9.78 Å². The second-order valence-corrected chi connectivity index (χ2v) is 4.01. The first-order valence-electron chi connectivity index (χ1n) is 4.65. The molecule has 0 aromatic carbocycles. The summed E-state index contributed by atoms with van der Waals surface area (Å²) >= 11 is 3.42. The molecular weight excluding hydrogens is 262 g/mol. The van der Waals surface area contributed by atoms with E-state index in [1.54, 1.807) is 20.4 Å². The molecule has 1 heterocycles. The molecule has 1 aromatic rings. The van der Waals surface area contributed by atoms with E-state index in [4.69, 9.17) is 15.2 Å². The summed E-state index contributed by atoms with van der Waals surface area (Å²) in [4.78, 5) is 0. The third-order valence-electron chi connectivity index (χ3n) is 2.04. The van der Waals surface area contributed by atoms with E-state index >= 15 is 0 Å². The molecule has 0 aliphatic carbocycles. The molecule has 0 spiro atoms. The topological polar surface area (TPSA) is 62.3 Å². The van der Waals surface area contributed by atoms with Crippen LogP contribution in [-0.4, -0.2) is 37.2 Å². The molecule has 6 heteroatoms. The minimum atomic E-state index is -0.177. The Morgan fingerprint density at radius 2 is 2.27 bits per heavy atom. The van der Waals surface area contributed by atoms with E-state index in [-0.39, 0.29) is 6.04 Å². The van der Waals surface area contributed by atoms with Crippen LogP contribution in [0.3, 0.4) is 0 Å². The molecule has 0 saturated heterocycles. The van der Waals surface area contributed by atoms with E-state index < -0.39 is 0 Å². The maximum Gasteiger partial charge on any atom is 0.0718 e. The Morgan fingerprint density at radius 1 is 1.53 bits per heavy atom. The smallest absolute Gasteiger partial charge is 0.0718 e. The number of aromatic nitrogens is 2. The molecule has 0 fully saturated rings. The molecule has 0 radical (unpaired) electrons. The highest BCUT2D eigenvalue weighted by Crippen LogP contribution is 2.21. The fourth-order valence-corrected chi connectivity index (χ4v) is 1.95. The third-order valence-corrected chi connectivity index (χ3v) is 2.65. The summed E-state index contributed by atoms with van der Waals surface area (Å²) in [6.45, 7) is 1.77. The normalized spacial score (nSPS) is 13.1. The molecule has 0 aliphatic heterocycles. The van der Waals surface area contributed by atoms with Crippen molar-refractivity contribution in [3.8, 4) is 0 Å². The van der Waals surface area contributed by atoms with E-state index in [0.717, 1.165) is 10.2 Å².